The average molecular weight is 524 g/mol. The highest BCUT2D eigenvalue weighted by Crippen LogP contribution is 2.40. The third kappa shape index (κ3) is 3.45. The SMILES string of the molecule is C#Cc1ccc2c(c1)C(=O)N(c1ccc(-c3ccc(N4C(=O)c5ccc(C#C)cc5C4=O)c(O)c3)cc1O)C2=O. The van der Waals surface area contributed by atoms with Crippen molar-refractivity contribution in [2.45, 2.75) is 0 Å². The molecule has 4 aromatic rings. The standard InChI is InChI=1S/C32H16N2O6/c1-3-17-5-9-21-23(13-17)31(39)33(29(21)37)25-11-7-19(15-27(25)35)20-8-12-26(28(36)16-20)34-30(38)22-10-6-18(4-2)14-24(22)32(34)40/h1-2,5-16,35-36H. The highest BCUT2D eigenvalue weighted by atomic mass is 16.3. The van der Waals surface area contributed by atoms with Crippen LogP contribution < -0.4 is 9.80 Å². The Bertz CT molecular complexity index is 1800. The number of terminal acetylenes is 2. The summed E-state index contributed by atoms with van der Waals surface area (Å²) in [4.78, 5) is 53.6. The number of hydrogen-bond acceptors (Lipinski definition) is 6. The van der Waals surface area contributed by atoms with Crippen molar-refractivity contribution in [3.8, 4) is 47.3 Å². The number of anilines is 2. The van der Waals surface area contributed by atoms with Crippen molar-refractivity contribution in [1.29, 1.82) is 0 Å². The van der Waals surface area contributed by atoms with Gasteiger partial charge in [-0.1, -0.05) is 24.0 Å². The lowest BCUT2D eigenvalue weighted by Crippen LogP contribution is -2.29. The smallest absolute Gasteiger partial charge is 0.266 e. The predicted molar refractivity (Wildman–Crippen MR) is 146 cm³/mol. The number of aromatic hydroxyl groups is 2. The number of carbonyl (C=O) groups is 4. The van der Waals surface area contributed by atoms with E-state index in [0.29, 0.717) is 22.3 Å². The topological polar surface area (TPSA) is 115 Å². The van der Waals surface area contributed by atoms with Crippen LogP contribution in [0.2, 0.25) is 0 Å². The van der Waals surface area contributed by atoms with E-state index in [1.807, 2.05) is 0 Å². The van der Waals surface area contributed by atoms with Gasteiger partial charge >= 0.3 is 0 Å². The molecule has 0 atom stereocenters. The lowest BCUT2D eigenvalue weighted by atomic mass is 10.0. The molecule has 0 saturated carbocycles. The summed E-state index contributed by atoms with van der Waals surface area (Å²) >= 11 is 0. The van der Waals surface area contributed by atoms with Crippen LogP contribution in [0.4, 0.5) is 11.4 Å². The molecule has 0 unspecified atom stereocenters. The normalized spacial score (nSPS) is 13.8. The van der Waals surface area contributed by atoms with E-state index >= 15 is 0 Å². The third-order valence-electron chi connectivity index (χ3n) is 6.87. The van der Waals surface area contributed by atoms with E-state index < -0.39 is 23.6 Å². The van der Waals surface area contributed by atoms with Crippen molar-refractivity contribution in [1.82, 2.24) is 0 Å². The Hall–Kier alpha value is -6.12. The molecule has 0 aromatic heterocycles. The average Bonchev–Trinajstić information content (AvgIpc) is 3.36. The molecule has 2 N–H and O–H groups in total. The van der Waals surface area contributed by atoms with Gasteiger partial charge in [0.1, 0.15) is 11.5 Å². The van der Waals surface area contributed by atoms with Gasteiger partial charge < -0.3 is 10.2 Å². The van der Waals surface area contributed by atoms with Crippen molar-refractivity contribution in [3.05, 3.63) is 106 Å². The van der Waals surface area contributed by atoms with Crippen LogP contribution in [0.1, 0.15) is 52.6 Å². The van der Waals surface area contributed by atoms with Crippen LogP contribution in [0.25, 0.3) is 11.1 Å². The number of carbonyl (C=O) groups excluding carboxylic acids is 4. The number of benzene rings is 4. The number of phenols is 2. The van der Waals surface area contributed by atoms with Crippen LogP contribution in [0, 0.1) is 24.7 Å². The minimum absolute atomic E-state index is 0.0181. The van der Waals surface area contributed by atoms with Gasteiger partial charge in [0.2, 0.25) is 0 Å². The summed E-state index contributed by atoms with van der Waals surface area (Å²) < 4.78 is 0. The second-order valence-corrected chi connectivity index (χ2v) is 9.11. The Labute approximate surface area is 227 Å². The summed E-state index contributed by atoms with van der Waals surface area (Å²) in [5, 5.41) is 21.6. The molecule has 8 heteroatoms. The summed E-state index contributed by atoms with van der Waals surface area (Å²) in [5.41, 5.74) is 2.39. The number of phenolic OH excluding ortho intramolecular Hbond substituents is 2. The Kier molecular flexibility index (Phi) is 5.29. The second kappa shape index (κ2) is 8.73. The highest BCUT2D eigenvalue weighted by Gasteiger charge is 2.39. The first kappa shape index (κ1) is 24.2. The van der Waals surface area contributed by atoms with Gasteiger partial charge in [0.15, 0.2) is 0 Å². The molecule has 0 saturated heterocycles. The maximum absolute atomic E-state index is 13.0. The number of nitrogens with zero attached hydrogens (tertiary/aromatic N) is 2. The molecule has 2 aliphatic heterocycles. The van der Waals surface area contributed by atoms with Crippen LogP contribution in [0.5, 0.6) is 11.5 Å². The number of hydrogen-bond donors (Lipinski definition) is 2. The van der Waals surface area contributed by atoms with E-state index in [-0.39, 0.29) is 45.1 Å². The molecule has 0 fully saturated rings. The molecule has 2 heterocycles. The molecule has 8 nitrogen and oxygen atoms in total. The zero-order valence-electron chi connectivity index (χ0n) is 20.5. The summed E-state index contributed by atoms with van der Waals surface area (Å²) in [6, 6.07) is 17.6. The number of rotatable bonds is 3. The van der Waals surface area contributed by atoms with Gasteiger partial charge in [0.05, 0.1) is 33.6 Å². The lowest BCUT2D eigenvalue weighted by molar-refractivity contribution is 0.0909. The fourth-order valence-corrected chi connectivity index (χ4v) is 4.88. The van der Waals surface area contributed by atoms with Crippen LogP contribution in [0.15, 0.2) is 72.8 Å². The fourth-order valence-electron chi connectivity index (χ4n) is 4.88. The first-order chi connectivity index (χ1) is 19.2. The maximum atomic E-state index is 13.0. The zero-order chi connectivity index (χ0) is 28.3. The summed E-state index contributed by atoms with van der Waals surface area (Å²) in [5.74, 6) is 1.74. The molecule has 190 valence electrons. The first-order valence-electron chi connectivity index (χ1n) is 11.9. The fraction of sp³-hybridized carbons (Fsp3) is 0. The Morgan fingerprint density at radius 3 is 1.23 bits per heavy atom. The van der Waals surface area contributed by atoms with Gasteiger partial charge in [-0.2, -0.15) is 0 Å². The first-order valence-corrected chi connectivity index (χ1v) is 11.9. The molecular weight excluding hydrogens is 508 g/mol. The van der Waals surface area contributed by atoms with Crippen molar-refractivity contribution >= 4 is 35.0 Å². The Morgan fingerprint density at radius 2 is 0.875 bits per heavy atom. The van der Waals surface area contributed by atoms with E-state index in [0.717, 1.165) is 9.80 Å². The van der Waals surface area contributed by atoms with Crippen molar-refractivity contribution in [2.75, 3.05) is 9.80 Å². The summed E-state index contributed by atoms with van der Waals surface area (Å²) in [6.45, 7) is 0. The van der Waals surface area contributed by atoms with E-state index in [2.05, 4.69) is 11.8 Å². The predicted octanol–water partition coefficient (Wildman–Crippen LogP) is 4.33. The summed E-state index contributed by atoms with van der Waals surface area (Å²) in [6.07, 6.45) is 10.8. The molecule has 0 aliphatic carbocycles. The van der Waals surface area contributed by atoms with Crippen molar-refractivity contribution in [3.63, 3.8) is 0 Å². The number of fused-ring (bicyclic) bond motifs is 2. The maximum Gasteiger partial charge on any atom is 0.266 e. The van der Waals surface area contributed by atoms with E-state index in [4.69, 9.17) is 12.8 Å². The number of amides is 4. The molecule has 40 heavy (non-hydrogen) atoms. The van der Waals surface area contributed by atoms with Crippen LogP contribution in [0.3, 0.4) is 0 Å². The molecule has 0 radical (unpaired) electrons. The minimum atomic E-state index is -0.613. The molecule has 6 rings (SSSR count). The lowest BCUT2D eigenvalue weighted by Gasteiger charge is -2.18. The molecular formula is C32H16N2O6. The zero-order valence-corrected chi connectivity index (χ0v) is 20.5. The van der Waals surface area contributed by atoms with Gasteiger partial charge in [0.25, 0.3) is 23.6 Å². The Morgan fingerprint density at radius 1 is 0.500 bits per heavy atom. The van der Waals surface area contributed by atoms with Gasteiger partial charge in [0, 0.05) is 11.1 Å². The Balaban J connectivity index is 1.31. The van der Waals surface area contributed by atoms with Crippen molar-refractivity contribution in [2.24, 2.45) is 0 Å². The van der Waals surface area contributed by atoms with E-state index in [9.17, 15) is 29.4 Å². The minimum Gasteiger partial charge on any atom is -0.506 e. The molecule has 4 amide bonds. The van der Waals surface area contributed by atoms with Gasteiger partial charge in [-0.25, -0.2) is 9.80 Å². The quantitative estimate of drug-likeness (QED) is 0.305. The second-order valence-electron chi connectivity index (χ2n) is 9.11. The van der Waals surface area contributed by atoms with Gasteiger partial charge in [-0.15, -0.1) is 12.8 Å². The highest BCUT2D eigenvalue weighted by molar-refractivity contribution is 6.35. The van der Waals surface area contributed by atoms with Crippen molar-refractivity contribution < 1.29 is 29.4 Å². The largest absolute Gasteiger partial charge is 0.506 e. The molecule has 2 aliphatic rings. The van der Waals surface area contributed by atoms with Crippen LogP contribution >= 0.6 is 0 Å². The van der Waals surface area contributed by atoms with E-state index in [1.165, 1.54) is 48.5 Å². The van der Waals surface area contributed by atoms with Crippen LogP contribution in [-0.4, -0.2) is 33.8 Å². The monoisotopic (exact) mass is 524 g/mol. The molecule has 0 bridgehead atoms. The molecule has 4 aromatic carbocycles. The van der Waals surface area contributed by atoms with E-state index in [1.54, 1.807) is 24.3 Å². The van der Waals surface area contributed by atoms with Gasteiger partial charge in [-0.3, -0.25) is 19.2 Å². The number of imide groups is 2. The molecule has 0 spiro atoms. The van der Waals surface area contributed by atoms with Gasteiger partial charge in [-0.05, 0) is 71.8 Å². The third-order valence-corrected chi connectivity index (χ3v) is 6.87. The van der Waals surface area contributed by atoms with Crippen LogP contribution in [-0.2, 0) is 0 Å². The summed E-state index contributed by atoms with van der Waals surface area (Å²) in [7, 11) is 0.